The van der Waals surface area contributed by atoms with E-state index in [9.17, 15) is 0 Å². The number of halogens is 1. The average Bonchev–Trinajstić information content (AvgIpc) is 2.05. The number of hydrogen-bond donors (Lipinski definition) is 0. The van der Waals surface area contributed by atoms with Gasteiger partial charge < -0.3 is 17.7 Å². The van der Waals surface area contributed by atoms with Crippen molar-refractivity contribution in [3.8, 4) is 0 Å². The second-order valence-corrected chi connectivity index (χ2v) is 3.33. The van der Waals surface area contributed by atoms with Gasteiger partial charge in [0.15, 0.2) is 0 Å². The fraction of sp³-hybridized carbons (Fsp3) is 0.455. The van der Waals surface area contributed by atoms with Crippen molar-refractivity contribution in [3.05, 3.63) is 41.2 Å². The minimum Gasteiger partial charge on any atom is -1.00 e. The first-order valence-corrected chi connectivity index (χ1v) is 4.45. The van der Waals surface area contributed by atoms with Crippen LogP contribution < -0.4 is 50.1 Å². The number of hydrogen-bond acceptors (Lipinski definition) is 0. The molecule has 0 saturated heterocycles. The van der Waals surface area contributed by atoms with Crippen LogP contribution in [0.1, 0.15) is 32.4 Å². The Balaban J connectivity index is -0.000000480. The Morgan fingerprint density at radius 2 is 1.40 bits per heavy atom. The van der Waals surface area contributed by atoms with E-state index in [0.29, 0.717) is 12.1 Å². The first kappa shape index (κ1) is 21.0. The van der Waals surface area contributed by atoms with Crippen LogP contribution in [0.5, 0.6) is 0 Å². The van der Waals surface area contributed by atoms with Gasteiger partial charge in [0.25, 0.3) is 0 Å². The predicted molar refractivity (Wildman–Crippen MR) is 53.4 cm³/mol. The molecule has 0 N–H and O–H groups in total. The SMILES string of the molecule is CC(C)[N-][C@@H](C)c1ccccc1.[Cl-].[Li+].[Li+]. The molecule has 1 atom stereocenters. The molecule has 0 fully saturated rings. The number of benzene rings is 1. The Hall–Kier alpha value is 0.665. The van der Waals surface area contributed by atoms with Gasteiger partial charge in [-0.1, -0.05) is 56.7 Å². The molecule has 0 aliphatic heterocycles. The largest absolute Gasteiger partial charge is 1.00 e. The summed E-state index contributed by atoms with van der Waals surface area (Å²) in [4.78, 5) is 0. The van der Waals surface area contributed by atoms with Crippen LogP contribution >= 0.6 is 0 Å². The smallest absolute Gasteiger partial charge is 1.00 e. The van der Waals surface area contributed by atoms with E-state index in [0.717, 1.165) is 0 Å². The fourth-order valence-corrected chi connectivity index (χ4v) is 1.26. The van der Waals surface area contributed by atoms with Crippen LogP contribution in [0.2, 0.25) is 0 Å². The predicted octanol–water partition coefficient (Wildman–Crippen LogP) is -5.46. The maximum atomic E-state index is 4.55. The molecule has 1 nitrogen and oxygen atoms in total. The van der Waals surface area contributed by atoms with E-state index in [-0.39, 0.29) is 50.1 Å². The summed E-state index contributed by atoms with van der Waals surface area (Å²) in [5, 5.41) is 4.55. The van der Waals surface area contributed by atoms with Crippen LogP contribution in [0.25, 0.3) is 5.32 Å². The van der Waals surface area contributed by atoms with Crippen molar-refractivity contribution in [1.82, 2.24) is 0 Å². The average molecular weight is 212 g/mol. The van der Waals surface area contributed by atoms with E-state index in [2.05, 4.69) is 50.4 Å². The summed E-state index contributed by atoms with van der Waals surface area (Å²) in [6.45, 7) is 6.36. The van der Waals surface area contributed by atoms with Gasteiger partial charge in [-0.25, -0.2) is 0 Å². The molecule has 0 bridgehead atoms. The molecule has 0 aliphatic carbocycles. The molecule has 0 amide bonds. The van der Waals surface area contributed by atoms with Crippen LogP contribution in [-0.2, 0) is 0 Å². The summed E-state index contributed by atoms with van der Waals surface area (Å²) in [7, 11) is 0. The third-order valence-corrected chi connectivity index (χ3v) is 1.80. The second kappa shape index (κ2) is 11.2. The number of nitrogens with zero attached hydrogens (tertiary/aromatic N) is 1. The number of rotatable bonds is 3. The molecule has 0 aliphatic rings. The molecule has 0 unspecified atom stereocenters. The summed E-state index contributed by atoms with van der Waals surface area (Å²) in [5.41, 5.74) is 1.30. The molecule has 74 valence electrons. The van der Waals surface area contributed by atoms with Crippen molar-refractivity contribution in [2.75, 3.05) is 0 Å². The van der Waals surface area contributed by atoms with Gasteiger partial charge in [-0.2, -0.15) is 0 Å². The zero-order valence-corrected chi connectivity index (χ0v) is 11.1. The van der Waals surface area contributed by atoms with Gasteiger partial charge in [-0.15, -0.1) is 12.1 Å². The molecular formula is C11H16ClLi2N. The van der Waals surface area contributed by atoms with Gasteiger partial charge in [0.05, 0.1) is 0 Å². The molecule has 1 aromatic carbocycles. The van der Waals surface area contributed by atoms with Gasteiger partial charge in [0.1, 0.15) is 0 Å². The maximum Gasteiger partial charge on any atom is 1.00 e. The minimum absolute atomic E-state index is 0. The van der Waals surface area contributed by atoms with E-state index in [1.165, 1.54) is 5.56 Å². The summed E-state index contributed by atoms with van der Waals surface area (Å²) >= 11 is 0. The monoisotopic (exact) mass is 211 g/mol. The van der Waals surface area contributed by atoms with Crippen molar-refractivity contribution < 1.29 is 50.1 Å². The molecule has 1 rings (SSSR count). The van der Waals surface area contributed by atoms with Crippen LogP contribution in [0, 0.1) is 0 Å². The van der Waals surface area contributed by atoms with Crippen molar-refractivity contribution in [2.24, 2.45) is 0 Å². The summed E-state index contributed by atoms with van der Waals surface area (Å²) in [5.74, 6) is 0. The second-order valence-electron chi connectivity index (χ2n) is 3.33. The van der Waals surface area contributed by atoms with E-state index in [1.807, 2.05) is 6.07 Å². The Labute approximate surface area is 124 Å². The topological polar surface area (TPSA) is 14.1 Å². The van der Waals surface area contributed by atoms with E-state index in [1.54, 1.807) is 0 Å². The molecule has 0 aromatic heterocycles. The van der Waals surface area contributed by atoms with Crippen molar-refractivity contribution in [2.45, 2.75) is 32.9 Å². The molecule has 4 heteroatoms. The Morgan fingerprint density at radius 3 is 1.80 bits per heavy atom. The van der Waals surface area contributed by atoms with Gasteiger partial charge in [-0.3, -0.25) is 0 Å². The standard InChI is InChI=1S/C11H16N.ClH.2Li/c1-9(2)12-10(3)11-7-5-4-6-8-11;;;/h4-10H,1-3H3;1H;;/q-1;;2*+1/p-1/t10-;;;/m0.../s1. The molecule has 15 heavy (non-hydrogen) atoms. The normalized spacial score (nSPS) is 10.7. The van der Waals surface area contributed by atoms with E-state index >= 15 is 0 Å². The van der Waals surface area contributed by atoms with Gasteiger partial charge >= 0.3 is 37.7 Å². The third kappa shape index (κ3) is 8.47. The van der Waals surface area contributed by atoms with Gasteiger partial charge in [0.2, 0.25) is 0 Å². The van der Waals surface area contributed by atoms with Crippen LogP contribution in [0.4, 0.5) is 0 Å². The third-order valence-electron chi connectivity index (χ3n) is 1.80. The Morgan fingerprint density at radius 1 is 0.933 bits per heavy atom. The summed E-state index contributed by atoms with van der Waals surface area (Å²) < 4.78 is 0. The van der Waals surface area contributed by atoms with Gasteiger partial charge in [0, 0.05) is 0 Å². The Bertz CT molecular complexity index is 229. The van der Waals surface area contributed by atoms with E-state index < -0.39 is 0 Å². The van der Waals surface area contributed by atoms with Crippen LogP contribution in [0.15, 0.2) is 30.3 Å². The van der Waals surface area contributed by atoms with Gasteiger partial charge in [-0.05, 0) is 0 Å². The molecule has 0 heterocycles. The quantitative estimate of drug-likeness (QED) is 0.443. The summed E-state index contributed by atoms with van der Waals surface area (Å²) in [6, 6.07) is 11.1. The summed E-state index contributed by atoms with van der Waals surface area (Å²) in [6.07, 6.45) is 0. The zero-order valence-electron chi connectivity index (χ0n) is 10.4. The molecular weight excluding hydrogens is 195 g/mol. The van der Waals surface area contributed by atoms with E-state index in [4.69, 9.17) is 0 Å². The molecule has 0 saturated carbocycles. The molecule has 0 spiro atoms. The first-order chi connectivity index (χ1) is 5.70. The minimum atomic E-state index is 0. The molecule has 0 radical (unpaired) electrons. The van der Waals surface area contributed by atoms with Crippen molar-refractivity contribution in [1.29, 1.82) is 0 Å². The van der Waals surface area contributed by atoms with Crippen LogP contribution in [-0.4, -0.2) is 6.04 Å². The Kier molecular flexibility index (Phi) is 15.6. The van der Waals surface area contributed by atoms with Crippen molar-refractivity contribution in [3.63, 3.8) is 0 Å². The maximum absolute atomic E-state index is 4.55. The first-order valence-electron chi connectivity index (χ1n) is 4.45. The molecule has 1 aromatic rings. The van der Waals surface area contributed by atoms with Crippen LogP contribution in [0.3, 0.4) is 0 Å². The zero-order chi connectivity index (χ0) is 8.97. The van der Waals surface area contributed by atoms with Crippen molar-refractivity contribution >= 4 is 0 Å². The fourth-order valence-electron chi connectivity index (χ4n) is 1.26.